The summed E-state index contributed by atoms with van der Waals surface area (Å²) in [6.07, 6.45) is 1.55. The van der Waals surface area contributed by atoms with Crippen LogP contribution in [-0.2, 0) is 0 Å². The van der Waals surface area contributed by atoms with Crippen molar-refractivity contribution in [1.29, 1.82) is 0 Å². The van der Waals surface area contributed by atoms with E-state index in [1.54, 1.807) is 6.33 Å². The molecule has 4 nitrogen and oxygen atoms in total. The number of aryl methyl sites for hydroxylation is 1. The van der Waals surface area contributed by atoms with E-state index in [0.717, 1.165) is 23.9 Å². The zero-order chi connectivity index (χ0) is 12.1. The monoisotopic (exact) mass is 228 g/mol. The van der Waals surface area contributed by atoms with Crippen molar-refractivity contribution in [3.8, 4) is 0 Å². The molecule has 0 spiro atoms. The van der Waals surface area contributed by atoms with Crippen LogP contribution in [0.2, 0.25) is 0 Å². The highest BCUT2D eigenvalue weighted by Crippen LogP contribution is 2.16. The molecule has 0 aliphatic carbocycles. The summed E-state index contributed by atoms with van der Waals surface area (Å²) in [7, 11) is 0. The SMILES string of the molecule is CCNc1cc(Nc2cccc(C)c2)ncn1. The normalized spacial score (nSPS) is 10.0. The van der Waals surface area contributed by atoms with E-state index in [1.807, 2.05) is 25.1 Å². The van der Waals surface area contributed by atoms with Crippen LogP contribution in [0, 0.1) is 6.92 Å². The molecule has 0 saturated heterocycles. The van der Waals surface area contributed by atoms with E-state index in [4.69, 9.17) is 0 Å². The summed E-state index contributed by atoms with van der Waals surface area (Å²) in [5.74, 6) is 1.62. The second-order valence-corrected chi connectivity index (χ2v) is 3.81. The van der Waals surface area contributed by atoms with Crippen molar-refractivity contribution in [2.24, 2.45) is 0 Å². The average Bonchev–Trinajstić information content (AvgIpc) is 2.30. The van der Waals surface area contributed by atoms with Crippen LogP contribution < -0.4 is 10.6 Å². The van der Waals surface area contributed by atoms with Gasteiger partial charge in [-0.1, -0.05) is 12.1 Å². The van der Waals surface area contributed by atoms with Gasteiger partial charge in [-0.3, -0.25) is 0 Å². The third-order valence-electron chi connectivity index (χ3n) is 2.32. The second-order valence-electron chi connectivity index (χ2n) is 3.81. The molecule has 0 unspecified atom stereocenters. The topological polar surface area (TPSA) is 49.8 Å². The van der Waals surface area contributed by atoms with Crippen molar-refractivity contribution < 1.29 is 0 Å². The number of nitrogens with zero attached hydrogens (tertiary/aromatic N) is 2. The third-order valence-corrected chi connectivity index (χ3v) is 2.32. The lowest BCUT2D eigenvalue weighted by Gasteiger charge is -2.07. The average molecular weight is 228 g/mol. The van der Waals surface area contributed by atoms with Gasteiger partial charge in [-0.25, -0.2) is 9.97 Å². The van der Waals surface area contributed by atoms with Gasteiger partial charge in [0.15, 0.2) is 0 Å². The Kier molecular flexibility index (Phi) is 3.55. The Morgan fingerprint density at radius 2 is 1.94 bits per heavy atom. The maximum Gasteiger partial charge on any atom is 0.135 e. The summed E-state index contributed by atoms with van der Waals surface area (Å²) >= 11 is 0. The molecule has 2 aromatic rings. The Morgan fingerprint density at radius 3 is 2.71 bits per heavy atom. The number of hydrogen-bond acceptors (Lipinski definition) is 4. The minimum absolute atomic E-state index is 0.793. The van der Waals surface area contributed by atoms with Crippen molar-refractivity contribution in [2.45, 2.75) is 13.8 Å². The molecule has 88 valence electrons. The lowest BCUT2D eigenvalue weighted by atomic mass is 10.2. The van der Waals surface area contributed by atoms with Gasteiger partial charge in [-0.05, 0) is 31.5 Å². The van der Waals surface area contributed by atoms with E-state index in [2.05, 4.69) is 39.7 Å². The van der Waals surface area contributed by atoms with Gasteiger partial charge in [0.25, 0.3) is 0 Å². The zero-order valence-corrected chi connectivity index (χ0v) is 10.1. The molecule has 2 rings (SSSR count). The van der Waals surface area contributed by atoms with E-state index in [-0.39, 0.29) is 0 Å². The maximum atomic E-state index is 4.18. The molecule has 1 aromatic heterocycles. The van der Waals surface area contributed by atoms with Gasteiger partial charge >= 0.3 is 0 Å². The quantitative estimate of drug-likeness (QED) is 0.844. The fourth-order valence-corrected chi connectivity index (χ4v) is 1.57. The summed E-state index contributed by atoms with van der Waals surface area (Å²) in [6.45, 7) is 4.95. The molecule has 2 N–H and O–H groups in total. The first kappa shape index (κ1) is 11.4. The second kappa shape index (κ2) is 5.30. The van der Waals surface area contributed by atoms with Crippen LogP contribution in [0.25, 0.3) is 0 Å². The summed E-state index contributed by atoms with van der Waals surface area (Å²) in [6, 6.07) is 10.1. The standard InChI is InChI=1S/C13H16N4/c1-3-14-12-8-13(16-9-15-12)17-11-6-4-5-10(2)7-11/h4-9H,3H2,1-2H3,(H2,14,15,16,17). The lowest BCUT2D eigenvalue weighted by Crippen LogP contribution is -2.01. The molecule has 0 amide bonds. The first-order chi connectivity index (χ1) is 8.28. The number of nitrogens with one attached hydrogen (secondary N) is 2. The van der Waals surface area contributed by atoms with E-state index in [1.165, 1.54) is 5.56 Å². The summed E-state index contributed by atoms with van der Waals surface area (Å²) in [4.78, 5) is 8.31. The van der Waals surface area contributed by atoms with E-state index >= 15 is 0 Å². The minimum Gasteiger partial charge on any atom is -0.370 e. The van der Waals surface area contributed by atoms with Crippen LogP contribution in [0.5, 0.6) is 0 Å². The number of rotatable bonds is 4. The van der Waals surface area contributed by atoms with Crippen LogP contribution in [0.4, 0.5) is 17.3 Å². The van der Waals surface area contributed by atoms with Gasteiger partial charge in [0, 0.05) is 18.3 Å². The number of benzene rings is 1. The van der Waals surface area contributed by atoms with Crippen molar-refractivity contribution in [2.75, 3.05) is 17.2 Å². The van der Waals surface area contributed by atoms with E-state index < -0.39 is 0 Å². The predicted molar refractivity (Wildman–Crippen MR) is 70.7 cm³/mol. The lowest BCUT2D eigenvalue weighted by molar-refractivity contribution is 1.11. The Morgan fingerprint density at radius 1 is 1.12 bits per heavy atom. The van der Waals surface area contributed by atoms with Crippen molar-refractivity contribution >= 4 is 17.3 Å². The van der Waals surface area contributed by atoms with Gasteiger partial charge in [-0.15, -0.1) is 0 Å². The van der Waals surface area contributed by atoms with Crippen LogP contribution in [-0.4, -0.2) is 16.5 Å². The zero-order valence-electron chi connectivity index (χ0n) is 10.1. The van der Waals surface area contributed by atoms with Gasteiger partial charge in [0.2, 0.25) is 0 Å². The molecule has 0 saturated carbocycles. The highest BCUT2D eigenvalue weighted by Gasteiger charge is 1.98. The van der Waals surface area contributed by atoms with Gasteiger partial charge in [0.05, 0.1) is 0 Å². The number of anilines is 3. The maximum absolute atomic E-state index is 4.18. The van der Waals surface area contributed by atoms with Gasteiger partial charge in [-0.2, -0.15) is 0 Å². The fourth-order valence-electron chi connectivity index (χ4n) is 1.57. The van der Waals surface area contributed by atoms with Crippen molar-refractivity contribution in [3.63, 3.8) is 0 Å². The molecular weight excluding hydrogens is 212 g/mol. The Labute approximate surface area is 101 Å². The molecule has 0 fully saturated rings. The molecule has 1 aromatic carbocycles. The summed E-state index contributed by atoms with van der Waals surface area (Å²) in [5, 5.41) is 6.41. The summed E-state index contributed by atoms with van der Waals surface area (Å²) < 4.78 is 0. The molecule has 1 heterocycles. The molecular formula is C13H16N4. The van der Waals surface area contributed by atoms with Crippen LogP contribution >= 0.6 is 0 Å². The molecule has 0 atom stereocenters. The van der Waals surface area contributed by atoms with Crippen molar-refractivity contribution in [1.82, 2.24) is 9.97 Å². The van der Waals surface area contributed by atoms with Crippen molar-refractivity contribution in [3.05, 3.63) is 42.2 Å². The van der Waals surface area contributed by atoms with Crippen LogP contribution in [0.1, 0.15) is 12.5 Å². The predicted octanol–water partition coefficient (Wildman–Crippen LogP) is 2.96. The van der Waals surface area contributed by atoms with E-state index in [9.17, 15) is 0 Å². The largest absolute Gasteiger partial charge is 0.370 e. The third kappa shape index (κ3) is 3.17. The minimum atomic E-state index is 0.793. The molecule has 0 aliphatic heterocycles. The Balaban J connectivity index is 2.15. The summed E-state index contributed by atoms with van der Waals surface area (Å²) in [5.41, 5.74) is 2.25. The Hall–Kier alpha value is -2.10. The van der Waals surface area contributed by atoms with Crippen LogP contribution in [0.3, 0.4) is 0 Å². The highest BCUT2D eigenvalue weighted by atomic mass is 15.1. The first-order valence-electron chi connectivity index (χ1n) is 5.67. The first-order valence-corrected chi connectivity index (χ1v) is 5.67. The molecule has 4 heteroatoms. The fraction of sp³-hybridized carbons (Fsp3) is 0.231. The van der Waals surface area contributed by atoms with Crippen LogP contribution in [0.15, 0.2) is 36.7 Å². The molecule has 17 heavy (non-hydrogen) atoms. The molecule has 0 radical (unpaired) electrons. The number of aromatic nitrogens is 2. The molecule has 0 aliphatic rings. The number of hydrogen-bond donors (Lipinski definition) is 2. The van der Waals surface area contributed by atoms with E-state index in [0.29, 0.717) is 0 Å². The van der Waals surface area contributed by atoms with Gasteiger partial charge < -0.3 is 10.6 Å². The highest BCUT2D eigenvalue weighted by molar-refractivity contribution is 5.59. The van der Waals surface area contributed by atoms with Gasteiger partial charge in [0.1, 0.15) is 18.0 Å². The Bertz CT molecular complexity index is 496. The molecule has 0 bridgehead atoms. The smallest absolute Gasteiger partial charge is 0.135 e.